The first-order valence-corrected chi connectivity index (χ1v) is 5.62. The van der Waals surface area contributed by atoms with E-state index in [9.17, 15) is 4.79 Å². The Morgan fingerprint density at radius 2 is 2.00 bits per heavy atom. The lowest BCUT2D eigenvalue weighted by atomic mass is 10.1. The molecule has 3 heteroatoms. The van der Waals surface area contributed by atoms with Crippen LogP contribution in [0.2, 0.25) is 0 Å². The van der Waals surface area contributed by atoms with Gasteiger partial charge < -0.3 is 9.15 Å². The summed E-state index contributed by atoms with van der Waals surface area (Å²) in [5.74, 6) is 1.02. The molecule has 1 heterocycles. The van der Waals surface area contributed by atoms with E-state index in [-0.39, 0.29) is 5.78 Å². The zero-order valence-electron chi connectivity index (χ0n) is 9.68. The maximum absolute atomic E-state index is 11.9. The highest BCUT2D eigenvalue weighted by atomic mass is 16.5. The highest BCUT2D eigenvalue weighted by Crippen LogP contribution is 2.15. The molecule has 0 aliphatic heterocycles. The number of furan rings is 1. The molecule has 0 aliphatic carbocycles. The third kappa shape index (κ3) is 2.75. The van der Waals surface area contributed by atoms with Gasteiger partial charge in [0.1, 0.15) is 5.75 Å². The molecule has 0 bridgehead atoms. The minimum Gasteiger partial charge on any atom is -0.494 e. The molecule has 17 heavy (non-hydrogen) atoms. The van der Waals surface area contributed by atoms with Crippen molar-refractivity contribution in [3.63, 3.8) is 0 Å². The fourth-order valence-electron chi connectivity index (χ4n) is 1.47. The van der Waals surface area contributed by atoms with Gasteiger partial charge in [0.05, 0.1) is 12.9 Å². The van der Waals surface area contributed by atoms with Crippen molar-refractivity contribution in [3.8, 4) is 5.75 Å². The Morgan fingerprint density at radius 3 is 2.59 bits per heavy atom. The summed E-state index contributed by atoms with van der Waals surface area (Å²) in [7, 11) is 0. The van der Waals surface area contributed by atoms with Gasteiger partial charge in [-0.05, 0) is 42.8 Å². The summed E-state index contributed by atoms with van der Waals surface area (Å²) in [5.41, 5.74) is 0.601. The topological polar surface area (TPSA) is 39.4 Å². The first-order chi connectivity index (χ1) is 8.31. The van der Waals surface area contributed by atoms with E-state index in [1.165, 1.54) is 6.26 Å². The van der Waals surface area contributed by atoms with Crippen molar-refractivity contribution in [2.75, 3.05) is 6.61 Å². The molecule has 0 fully saturated rings. The highest BCUT2D eigenvalue weighted by molar-refractivity contribution is 6.07. The van der Waals surface area contributed by atoms with Gasteiger partial charge in [-0.2, -0.15) is 0 Å². The van der Waals surface area contributed by atoms with Crippen molar-refractivity contribution < 1.29 is 13.9 Å². The predicted octanol–water partition coefficient (Wildman–Crippen LogP) is 3.30. The largest absolute Gasteiger partial charge is 0.494 e. The molecule has 0 aliphatic rings. The van der Waals surface area contributed by atoms with Gasteiger partial charge in [0.25, 0.3) is 0 Å². The average molecular weight is 230 g/mol. The number of carbonyl (C=O) groups excluding carboxylic acids is 1. The fourth-order valence-corrected chi connectivity index (χ4v) is 1.47. The van der Waals surface area contributed by atoms with E-state index in [4.69, 9.17) is 9.15 Å². The van der Waals surface area contributed by atoms with Gasteiger partial charge in [-0.15, -0.1) is 0 Å². The van der Waals surface area contributed by atoms with Crippen LogP contribution in [0.1, 0.15) is 29.5 Å². The molecule has 1 aromatic carbocycles. The Labute approximate surface area is 100 Å². The number of hydrogen-bond acceptors (Lipinski definition) is 3. The van der Waals surface area contributed by atoms with Crippen LogP contribution in [0.15, 0.2) is 47.1 Å². The van der Waals surface area contributed by atoms with Gasteiger partial charge >= 0.3 is 0 Å². The number of hydrogen-bond donors (Lipinski definition) is 0. The van der Waals surface area contributed by atoms with Crippen LogP contribution in [0.4, 0.5) is 0 Å². The number of benzene rings is 1. The van der Waals surface area contributed by atoms with Crippen LogP contribution in [-0.2, 0) is 0 Å². The number of ether oxygens (including phenoxy) is 1. The maximum atomic E-state index is 11.9. The highest BCUT2D eigenvalue weighted by Gasteiger charge is 2.11. The Balaban J connectivity index is 2.10. The number of ketones is 1. The molecule has 0 radical (unpaired) electrons. The average Bonchev–Trinajstić information content (AvgIpc) is 2.90. The van der Waals surface area contributed by atoms with Crippen molar-refractivity contribution >= 4 is 5.78 Å². The summed E-state index contributed by atoms with van der Waals surface area (Å²) < 4.78 is 10.5. The lowest BCUT2D eigenvalue weighted by molar-refractivity contribution is 0.101. The standard InChI is InChI=1S/C14H14O3/c1-2-9-16-12-7-5-11(6-8-12)14(15)13-4-3-10-17-13/h3-8,10H,2,9H2,1H3. The van der Waals surface area contributed by atoms with E-state index in [1.807, 2.05) is 0 Å². The molecular formula is C14H14O3. The summed E-state index contributed by atoms with van der Waals surface area (Å²) in [6.07, 6.45) is 2.46. The Hall–Kier alpha value is -2.03. The van der Waals surface area contributed by atoms with Crippen molar-refractivity contribution in [1.29, 1.82) is 0 Å². The van der Waals surface area contributed by atoms with E-state index in [0.717, 1.165) is 12.2 Å². The van der Waals surface area contributed by atoms with Crippen LogP contribution in [-0.4, -0.2) is 12.4 Å². The monoisotopic (exact) mass is 230 g/mol. The maximum Gasteiger partial charge on any atom is 0.228 e. The first kappa shape index (κ1) is 11.5. The van der Waals surface area contributed by atoms with Crippen molar-refractivity contribution in [2.45, 2.75) is 13.3 Å². The lowest BCUT2D eigenvalue weighted by Crippen LogP contribution is -2.00. The second-order valence-electron chi connectivity index (χ2n) is 3.68. The molecule has 0 spiro atoms. The van der Waals surface area contributed by atoms with Gasteiger partial charge in [-0.25, -0.2) is 0 Å². The summed E-state index contributed by atoms with van der Waals surface area (Å²) in [4.78, 5) is 11.9. The molecule has 2 rings (SSSR count). The molecule has 88 valence electrons. The summed E-state index contributed by atoms with van der Waals surface area (Å²) >= 11 is 0. The predicted molar refractivity (Wildman–Crippen MR) is 64.4 cm³/mol. The Bertz CT molecular complexity index is 469. The summed E-state index contributed by atoms with van der Waals surface area (Å²) in [6, 6.07) is 10.4. The fraction of sp³-hybridized carbons (Fsp3) is 0.214. The Morgan fingerprint density at radius 1 is 1.24 bits per heavy atom. The molecule has 0 atom stereocenters. The van der Waals surface area contributed by atoms with Crippen LogP contribution in [0.3, 0.4) is 0 Å². The zero-order valence-corrected chi connectivity index (χ0v) is 9.68. The summed E-state index contributed by atoms with van der Waals surface area (Å²) in [5, 5.41) is 0. The molecule has 0 saturated carbocycles. The van der Waals surface area contributed by atoms with Gasteiger partial charge in [-0.3, -0.25) is 4.79 Å². The smallest absolute Gasteiger partial charge is 0.228 e. The van der Waals surface area contributed by atoms with Crippen LogP contribution < -0.4 is 4.74 Å². The molecule has 3 nitrogen and oxygen atoms in total. The second kappa shape index (κ2) is 5.34. The second-order valence-corrected chi connectivity index (χ2v) is 3.68. The molecule has 0 unspecified atom stereocenters. The van der Waals surface area contributed by atoms with Gasteiger partial charge in [-0.1, -0.05) is 6.92 Å². The zero-order chi connectivity index (χ0) is 12.1. The number of carbonyl (C=O) groups is 1. The van der Waals surface area contributed by atoms with Crippen LogP contribution in [0.5, 0.6) is 5.75 Å². The Kier molecular flexibility index (Phi) is 3.60. The van der Waals surface area contributed by atoms with Crippen molar-refractivity contribution in [3.05, 3.63) is 54.0 Å². The molecule has 2 aromatic rings. The lowest BCUT2D eigenvalue weighted by Gasteiger charge is -2.04. The molecule has 1 aromatic heterocycles. The molecule has 0 amide bonds. The summed E-state index contributed by atoms with van der Waals surface area (Å²) in [6.45, 7) is 2.74. The SMILES string of the molecule is CCCOc1ccc(C(=O)c2ccco2)cc1. The van der Waals surface area contributed by atoms with Gasteiger partial charge in [0.2, 0.25) is 5.78 Å². The molecule has 0 saturated heterocycles. The van der Waals surface area contributed by atoms with Gasteiger partial charge in [0, 0.05) is 5.56 Å². The van der Waals surface area contributed by atoms with E-state index in [2.05, 4.69) is 6.92 Å². The first-order valence-electron chi connectivity index (χ1n) is 5.62. The van der Waals surface area contributed by atoms with Crippen molar-refractivity contribution in [2.24, 2.45) is 0 Å². The minimum absolute atomic E-state index is 0.114. The molecule has 0 N–H and O–H groups in total. The van der Waals surface area contributed by atoms with Crippen LogP contribution >= 0.6 is 0 Å². The van der Waals surface area contributed by atoms with Crippen molar-refractivity contribution in [1.82, 2.24) is 0 Å². The normalized spacial score (nSPS) is 10.2. The van der Waals surface area contributed by atoms with E-state index in [1.54, 1.807) is 36.4 Å². The third-order valence-corrected chi connectivity index (χ3v) is 2.33. The third-order valence-electron chi connectivity index (χ3n) is 2.33. The minimum atomic E-state index is -0.114. The van der Waals surface area contributed by atoms with Gasteiger partial charge in [0.15, 0.2) is 5.76 Å². The van der Waals surface area contributed by atoms with E-state index >= 15 is 0 Å². The van der Waals surface area contributed by atoms with E-state index in [0.29, 0.717) is 17.9 Å². The van der Waals surface area contributed by atoms with Crippen LogP contribution in [0.25, 0.3) is 0 Å². The quantitative estimate of drug-likeness (QED) is 0.740. The van der Waals surface area contributed by atoms with E-state index < -0.39 is 0 Å². The molecular weight excluding hydrogens is 216 g/mol. The van der Waals surface area contributed by atoms with Crippen LogP contribution in [0, 0.1) is 0 Å². The number of rotatable bonds is 5.